The lowest BCUT2D eigenvalue weighted by Crippen LogP contribution is -2.48. The van der Waals surface area contributed by atoms with Crippen LogP contribution in [0.1, 0.15) is 32.6 Å². The molecule has 0 aliphatic rings. The summed E-state index contributed by atoms with van der Waals surface area (Å²) in [6.45, 7) is 7.64. The van der Waals surface area contributed by atoms with Crippen LogP contribution in [0.25, 0.3) is 0 Å². The van der Waals surface area contributed by atoms with Crippen molar-refractivity contribution in [3.8, 4) is 0 Å². The first-order valence-electron chi connectivity index (χ1n) is 6.41. The topological polar surface area (TPSA) is 49.4 Å². The maximum atomic E-state index is 12.2. The Balaban J connectivity index is 2.58. The first-order valence-corrected chi connectivity index (χ1v) is 7.61. The molecule has 1 N–H and O–H groups in total. The van der Waals surface area contributed by atoms with Gasteiger partial charge in [-0.1, -0.05) is 32.4 Å². The van der Waals surface area contributed by atoms with Gasteiger partial charge in [-0.3, -0.25) is 9.59 Å². The maximum absolute atomic E-state index is 12.2. The molecule has 4 nitrogen and oxygen atoms in total. The molecule has 0 fully saturated rings. The molecule has 1 atom stereocenters. The van der Waals surface area contributed by atoms with Crippen LogP contribution in [0, 0.1) is 5.41 Å². The van der Waals surface area contributed by atoms with Gasteiger partial charge in [0.15, 0.2) is 0 Å². The molecule has 1 unspecified atom stereocenters. The zero-order chi connectivity index (χ0) is 15.5. The standard InChI is InChI=1S/C14H21ClN2O2S/c1-9(16-13(19)14(2,3)4)12(18)17(5)8-10-6-7-11(15)20-10/h6-7,9H,8H2,1-5H3,(H,16,19). The van der Waals surface area contributed by atoms with Crippen LogP contribution >= 0.6 is 22.9 Å². The third kappa shape index (κ3) is 4.80. The highest BCUT2D eigenvalue weighted by Crippen LogP contribution is 2.22. The van der Waals surface area contributed by atoms with Gasteiger partial charge in [0.1, 0.15) is 6.04 Å². The van der Waals surface area contributed by atoms with Gasteiger partial charge < -0.3 is 10.2 Å². The maximum Gasteiger partial charge on any atom is 0.244 e. The molecule has 0 aliphatic carbocycles. The summed E-state index contributed by atoms with van der Waals surface area (Å²) in [6.07, 6.45) is 0. The Bertz CT molecular complexity index is 494. The third-order valence-electron chi connectivity index (χ3n) is 2.80. The summed E-state index contributed by atoms with van der Waals surface area (Å²) in [5.74, 6) is -0.252. The van der Waals surface area contributed by atoms with Crippen molar-refractivity contribution in [1.82, 2.24) is 10.2 Å². The second-order valence-electron chi connectivity index (χ2n) is 5.85. The van der Waals surface area contributed by atoms with E-state index in [4.69, 9.17) is 11.6 Å². The van der Waals surface area contributed by atoms with Gasteiger partial charge in [0.25, 0.3) is 0 Å². The Labute approximate surface area is 129 Å². The smallest absolute Gasteiger partial charge is 0.244 e. The van der Waals surface area contributed by atoms with Crippen molar-refractivity contribution < 1.29 is 9.59 Å². The Morgan fingerprint density at radius 3 is 2.45 bits per heavy atom. The molecule has 0 aliphatic heterocycles. The molecule has 2 amide bonds. The van der Waals surface area contributed by atoms with Gasteiger partial charge in [-0.15, -0.1) is 11.3 Å². The van der Waals surface area contributed by atoms with Crippen molar-refractivity contribution in [3.63, 3.8) is 0 Å². The van der Waals surface area contributed by atoms with E-state index in [0.717, 1.165) is 4.88 Å². The largest absolute Gasteiger partial charge is 0.344 e. The van der Waals surface area contributed by atoms with Crippen LogP contribution in [0.2, 0.25) is 4.34 Å². The molecule has 1 aromatic heterocycles. The van der Waals surface area contributed by atoms with Crippen LogP contribution in [0.4, 0.5) is 0 Å². The molecule has 1 rings (SSSR count). The van der Waals surface area contributed by atoms with Gasteiger partial charge >= 0.3 is 0 Å². The van der Waals surface area contributed by atoms with Crippen molar-refractivity contribution >= 4 is 34.8 Å². The number of hydrogen-bond donors (Lipinski definition) is 1. The lowest BCUT2D eigenvalue weighted by atomic mass is 9.95. The molecular weight excluding hydrogens is 296 g/mol. The molecule has 20 heavy (non-hydrogen) atoms. The predicted molar refractivity (Wildman–Crippen MR) is 82.9 cm³/mol. The number of halogens is 1. The van der Waals surface area contributed by atoms with Crippen molar-refractivity contribution in [1.29, 1.82) is 0 Å². The van der Waals surface area contributed by atoms with E-state index in [1.165, 1.54) is 11.3 Å². The molecule has 0 saturated carbocycles. The van der Waals surface area contributed by atoms with Crippen LogP contribution in [-0.4, -0.2) is 29.8 Å². The summed E-state index contributed by atoms with van der Waals surface area (Å²) in [4.78, 5) is 26.7. The first kappa shape index (κ1) is 17.0. The summed E-state index contributed by atoms with van der Waals surface area (Å²) in [7, 11) is 1.72. The summed E-state index contributed by atoms with van der Waals surface area (Å²) in [6, 6.07) is 3.17. The summed E-state index contributed by atoms with van der Waals surface area (Å²) >= 11 is 7.31. The molecule has 1 aromatic rings. The molecule has 0 spiro atoms. The van der Waals surface area contributed by atoms with Crippen molar-refractivity contribution in [2.45, 2.75) is 40.3 Å². The summed E-state index contributed by atoms with van der Waals surface area (Å²) < 4.78 is 0.704. The highest BCUT2D eigenvalue weighted by Gasteiger charge is 2.26. The van der Waals surface area contributed by atoms with E-state index in [-0.39, 0.29) is 11.8 Å². The number of carbonyl (C=O) groups excluding carboxylic acids is 2. The van der Waals surface area contributed by atoms with E-state index < -0.39 is 11.5 Å². The van der Waals surface area contributed by atoms with Crippen LogP contribution in [0.5, 0.6) is 0 Å². The first-order chi connectivity index (χ1) is 9.11. The van der Waals surface area contributed by atoms with E-state index >= 15 is 0 Å². The van der Waals surface area contributed by atoms with E-state index in [9.17, 15) is 9.59 Å². The number of nitrogens with one attached hydrogen (secondary N) is 1. The van der Waals surface area contributed by atoms with Crippen molar-refractivity contribution in [2.75, 3.05) is 7.05 Å². The second kappa shape index (κ2) is 6.59. The van der Waals surface area contributed by atoms with Gasteiger partial charge in [-0.2, -0.15) is 0 Å². The molecule has 112 valence electrons. The Morgan fingerprint density at radius 2 is 2.00 bits per heavy atom. The van der Waals surface area contributed by atoms with Gasteiger partial charge in [0, 0.05) is 17.3 Å². The van der Waals surface area contributed by atoms with Crippen LogP contribution in [-0.2, 0) is 16.1 Å². The lowest BCUT2D eigenvalue weighted by Gasteiger charge is -2.25. The number of nitrogens with zero attached hydrogens (tertiary/aromatic N) is 1. The van der Waals surface area contributed by atoms with Crippen molar-refractivity contribution in [3.05, 3.63) is 21.3 Å². The van der Waals surface area contributed by atoms with Gasteiger partial charge in [0.05, 0.1) is 10.9 Å². The minimum Gasteiger partial charge on any atom is -0.344 e. The lowest BCUT2D eigenvalue weighted by molar-refractivity contribution is -0.137. The number of thiophene rings is 1. The van der Waals surface area contributed by atoms with Crippen LogP contribution in [0.3, 0.4) is 0 Å². The van der Waals surface area contributed by atoms with E-state index in [1.807, 2.05) is 32.9 Å². The normalized spacial score (nSPS) is 12.9. The zero-order valence-electron chi connectivity index (χ0n) is 12.5. The quantitative estimate of drug-likeness (QED) is 0.928. The average molecular weight is 317 g/mol. The van der Waals surface area contributed by atoms with Crippen LogP contribution in [0.15, 0.2) is 12.1 Å². The zero-order valence-corrected chi connectivity index (χ0v) is 14.1. The monoisotopic (exact) mass is 316 g/mol. The number of likely N-dealkylation sites (N-methyl/N-ethyl adjacent to an activating group) is 1. The average Bonchev–Trinajstić information content (AvgIpc) is 2.72. The summed E-state index contributed by atoms with van der Waals surface area (Å²) in [5.41, 5.74) is -0.506. The molecule has 0 radical (unpaired) electrons. The molecule has 0 saturated heterocycles. The van der Waals surface area contributed by atoms with E-state index in [2.05, 4.69) is 5.32 Å². The fourth-order valence-corrected chi connectivity index (χ4v) is 2.69. The highest BCUT2D eigenvalue weighted by atomic mass is 35.5. The number of rotatable bonds is 4. The SMILES string of the molecule is CC(NC(=O)C(C)(C)C)C(=O)N(C)Cc1ccc(Cl)s1. The fraction of sp³-hybridized carbons (Fsp3) is 0.571. The molecule has 0 bridgehead atoms. The van der Waals surface area contributed by atoms with Gasteiger partial charge in [-0.05, 0) is 19.1 Å². The minimum atomic E-state index is -0.540. The second-order valence-corrected chi connectivity index (χ2v) is 7.64. The fourth-order valence-electron chi connectivity index (χ4n) is 1.55. The number of hydrogen-bond acceptors (Lipinski definition) is 3. The van der Waals surface area contributed by atoms with E-state index in [1.54, 1.807) is 18.9 Å². The molecule has 6 heteroatoms. The van der Waals surface area contributed by atoms with Gasteiger partial charge in [0.2, 0.25) is 11.8 Å². The molecular formula is C14H21ClN2O2S. The van der Waals surface area contributed by atoms with Gasteiger partial charge in [-0.25, -0.2) is 0 Å². The van der Waals surface area contributed by atoms with E-state index in [0.29, 0.717) is 10.9 Å². The Kier molecular flexibility index (Phi) is 5.59. The Hall–Kier alpha value is -1.07. The highest BCUT2D eigenvalue weighted by molar-refractivity contribution is 7.16. The minimum absolute atomic E-state index is 0.118. The van der Waals surface area contributed by atoms with Crippen LogP contribution < -0.4 is 5.32 Å². The molecule has 1 heterocycles. The number of amides is 2. The Morgan fingerprint density at radius 1 is 1.40 bits per heavy atom. The predicted octanol–water partition coefficient (Wildman–Crippen LogP) is 2.91. The molecule has 0 aromatic carbocycles. The number of carbonyl (C=O) groups is 2. The third-order valence-corrected chi connectivity index (χ3v) is 4.01. The summed E-state index contributed by atoms with van der Waals surface area (Å²) in [5, 5.41) is 2.74. The van der Waals surface area contributed by atoms with Crippen molar-refractivity contribution in [2.24, 2.45) is 5.41 Å².